The van der Waals surface area contributed by atoms with Crippen LogP contribution in [-0.4, -0.2) is 45.5 Å². The van der Waals surface area contributed by atoms with Crippen molar-refractivity contribution in [3.8, 4) is 0 Å². The standard InChI is InChI=1S/C16H25N3O4/c1-6-22-14(20)12-9-18(15(21)23-16(3,4)5)11(2)13-7-8-17-19(13)10-12/h7-8,11-12H,6,9-10H2,1-5H3/t11-,12+/m1/s1. The zero-order chi connectivity index (χ0) is 17.2. The van der Waals surface area contributed by atoms with Gasteiger partial charge in [0.05, 0.1) is 30.8 Å². The van der Waals surface area contributed by atoms with Crippen LogP contribution in [0.2, 0.25) is 0 Å². The van der Waals surface area contributed by atoms with Gasteiger partial charge in [-0.15, -0.1) is 0 Å². The lowest BCUT2D eigenvalue weighted by atomic mass is 10.1. The van der Waals surface area contributed by atoms with E-state index < -0.39 is 17.6 Å². The smallest absolute Gasteiger partial charge is 0.410 e. The molecule has 0 fully saturated rings. The molecule has 1 aromatic rings. The molecule has 1 aliphatic heterocycles. The first-order chi connectivity index (χ1) is 10.7. The van der Waals surface area contributed by atoms with Crippen LogP contribution in [0.1, 0.15) is 46.4 Å². The minimum Gasteiger partial charge on any atom is -0.466 e. The second-order valence-electron chi connectivity index (χ2n) is 6.70. The third kappa shape index (κ3) is 4.03. The Kier molecular flexibility index (Phi) is 4.97. The molecule has 128 valence electrons. The van der Waals surface area contributed by atoms with Gasteiger partial charge in [-0.1, -0.05) is 0 Å². The molecule has 0 saturated heterocycles. The van der Waals surface area contributed by atoms with Crippen LogP contribution in [0.4, 0.5) is 4.79 Å². The van der Waals surface area contributed by atoms with Crippen LogP contribution in [0, 0.1) is 5.92 Å². The number of nitrogens with zero attached hydrogens (tertiary/aromatic N) is 3. The second kappa shape index (κ2) is 6.60. The van der Waals surface area contributed by atoms with Crippen LogP contribution < -0.4 is 0 Å². The molecule has 2 atom stereocenters. The first kappa shape index (κ1) is 17.3. The van der Waals surface area contributed by atoms with Gasteiger partial charge in [-0.2, -0.15) is 5.10 Å². The van der Waals surface area contributed by atoms with Gasteiger partial charge in [0.25, 0.3) is 0 Å². The molecule has 2 heterocycles. The van der Waals surface area contributed by atoms with Crippen LogP contribution in [-0.2, 0) is 20.8 Å². The molecule has 23 heavy (non-hydrogen) atoms. The average Bonchev–Trinajstić information content (AvgIpc) is 2.83. The maximum Gasteiger partial charge on any atom is 0.410 e. The predicted molar refractivity (Wildman–Crippen MR) is 83.7 cm³/mol. The van der Waals surface area contributed by atoms with Crippen molar-refractivity contribution >= 4 is 12.1 Å². The van der Waals surface area contributed by atoms with Crippen molar-refractivity contribution in [3.05, 3.63) is 18.0 Å². The summed E-state index contributed by atoms with van der Waals surface area (Å²) in [6.45, 7) is 10.1. The SMILES string of the molecule is CCOC(=O)[C@H]1CN(C(=O)OC(C)(C)C)[C@H](C)c2ccnn2C1. The Balaban J connectivity index is 2.29. The number of hydrogen-bond acceptors (Lipinski definition) is 5. The fraction of sp³-hybridized carbons (Fsp3) is 0.688. The second-order valence-corrected chi connectivity index (χ2v) is 6.70. The molecule has 0 saturated carbocycles. The van der Waals surface area contributed by atoms with Gasteiger partial charge >= 0.3 is 12.1 Å². The Hall–Kier alpha value is -2.05. The molecule has 7 heteroatoms. The largest absolute Gasteiger partial charge is 0.466 e. The van der Waals surface area contributed by atoms with Crippen molar-refractivity contribution in [1.82, 2.24) is 14.7 Å². The highest BCUT2D eigenvalue weighted by atomic mass is 16.6. The van der Waals surface area contributed by atoms with E-state index in [4.69, 9.17) is 9.47 Å². The number of fused-ring (bicyclic) bond motifs is 1. The molecule has 0 radical (unpaired) electrons. The molecule has 0 bridgehead atoms. The highest BCUT2D eigenvalue weighted by molar-refractivity contribution is 5.75. The normalized spacial score (nSPS) is 21.3. The van der Waals surface area contributed by atoms with Gasteiger partial charge in [0, 0.05) is 12.7 Å². The Labute approximate surface area is 136 Å². The summed E-state index contributed by atoms with van der Waals surface area (Å²) in [7, 11) is 0. The third-order valence-corrected chi connectivity index (χ3v) is 3.70. The van der Waals surface area contributed by atoms with E-state index in [1.165, 1.54) is 0 Å². The summed E-state index contributed by atoms with van der Waals surface area (Å²) in [6, 6.07) is 1.63. The Morgan fingerprint density at radius 2 is 2.04 bits per heavy atom. The molecule has 1 amide bonds. The Bertz CT molecular complexity index is 576. The van der Waals surface area contributed by atoms with Gasteiger partial charge < -0.3 is 9.47 Å². The quantitative estimate of drug-likeness (QED) is 0.781. The van der Waals surface area contributed by atoms with Gasteiger partial charge in [0.1, 0.15) is 5.60 Å². The van der Waals surface area contributed by atoms with Gasteiger partial charge in [0.15, 0.2) is 0 Å². The average molecular weight is 323 g/mol. The first-order valence-corrected chi connectivity index (χ1v) is 7.91. The molecule has 1 aliphatic rings. The number of amides is 1. The molecular formula is C16H25N3O4. The number of ether oxygens (including phenoxy) is 2. The monoisotopic (exact) mass is 323 g/mol. The molecule has 0 aliphatic carbocycles. The van der Waals surface area contributed by atoms with Crippen molar-refractivity contribution in [1.29, 1.82) is 0 Å². The fourth-order valence-electron chi connectivity index (χ4n) is 2.63. The van der Waals surface area contributed by atoms with Gasteiger partial charge in [-0.3, -0.25) is 14.4 Å². The molecule has 0 aromatic carbocycles. The van der Waals surface area contributed by atoms with Crippen molar-refractivity contribution < 1.29 is 19.1 Å². The summed E-state index contributed by atoms with van der Waals surface area (Å²) in [6.07, 6.45) is 1.24. The Morgan fingerprint density at radius 1 is 1.35 bits per heavy atom. The van der Waals surface area contributed by atoms with Gasteiger partial charge in [0.2, 0.25) is 0 Å². The topological polar surface area (TPSA) is 73.7 Å². The minimum absolute atomic E-state index is 0.230. The van der Waals surface area contributed by atoms with Crippen molar-refractivity contribution in [3.63, 3.8) is 0 Å². The molecule has 1 aromatic heterocycles. The number of carbonyl (C=O) groups is 2. The molecule has 0 N–H and O–H groups in total. The lowest BCUT2D eigenvalue weighted by Crippen LogP contribution is -2.42. The molecule has 2 rings (SSSR count). The van der Waals surface area contributed by atoms with Crippen LogP contribution in [0.25, 0.3) is 0 Å². The molecule has 0 spiro atoms. The summed E-state index contributed by atoms with van der Waals surface area (Å²) in [4.78, 5) is 26.3. The molecule has 0 unspecified atom stereocenters. The zero-order valence-electron chi connectivity index (χ0n) is 14.4. The van der Waals surface area contributed by atoms with Crippen molar-refractivity contribution in [2.75, 3.05) is 13.2 Å². The van der Waals surface area contributed by atoms with E-state index in [1.807, 2.05) is 33.8 Å². The summed E-state index contributed by atoms with van der Waals surface area (Å²) in [5.41, 5.74) is 0.283. The van der Waals surface area contributed by atoms with Crippen LogP contribution in [0.5, 0.6) is 0 Å². The van der Waals surface area contributed by atoms with E-state index in [0.29, 0.717) is 13.2 Å². The van der Waals surface area contributed by atoms with E-state index in [1.54, 1.807) is 22.7 Å². The summed E-state index contributed by atoms with van der Waals surface area (Å²) in [5.74, 6) is -0.789. The summed E-state index contributed by atoms with van der Waals surface area (Å²) >= 11 is 0. The van der Waals surface area contributed by atoms with Crippen molar-refractivity contribution in [2.24, 2.45) is 5.92 Å². The van der Waals surface area contributed by atoms with Crippen LogP contribution >= 0.6 is 0 Å². The van der Waals surface area contributed by atoms with E-state index in [2.05, 4.69) is 5.10 Å². The number of esters is 1. The number of hydrogen-bond donors (Lipinski definition) is 0. The first-order valence-electron chi connectivity index (χ1n) is 7.91. The molecule has 7 nitrogen and oxygen atoms in total. The highest BCUT2D eigenvalue weighted by Crippen LogP contribution is 2.28. The van der Waals surface area contributed by atoms with Crippen molar-refractivity contribution in [2.45, 2.75) is 52.8 Å². The van der Waals surface area contributed by atoms with E-state index >= 15 is 0 Å². The number of carbonyl (C=O) groups excluding carboxylic acids is 2. The maximum atomic E-state index is 12.6. The zero-order valence-corrected chi connectivity index (χ0v) is 14.4. The van der Waals surface area contributed by atoms with Gasteiger partial charge in [-0.25, -0.2) is 4.79 Å². The Morgan fingerprint density at radius 3 is 2.65 bits per heavy atom. The van der Waals surface area contributed by atoms with E-state index in [9.17, 15) is 9.59 Å². The fourth-order valence-corrected chi connectivity index (χ4v) is 2.63. The van der Waals surface area contributed by atoms with E-state index in [0.717, 1.165) is 5.69 Å². The summed E-state index contributed by atoms with van der Waals surface area (Å²) < 4.78 is 12.4. The maximum absolute atomic E-state index is 12.6. The summed E-state index contributed by atoms with van der Waals surface area (Å²) in [5, 5.41) is 4.26. The lowest BCUT2D eigenvalue weighted by molar-refractivity contribution is -0.149. The highest BCUT2D eigenvalue weighted by Gasteiger charge is 2.36. The third-order valence-electron chi connectivity index (χ3n) is 3.70. The number of aromatic nitrogens is 2. The minimum atomic E-state index is -0.594. The lowest BCUT2D eigenvalue weighted by Gasteiger charge is -2.31. The van der Waals surface area contributed by atoms with Crippen LogP contribution in [0.3, 0.4) is 0 Å². The van der Waals surface area contributed by atoms with Gasteiger partial charge in [-0.05, 0) is 40.7 Å². The molecular weight excluding hydrogens is 298 g/mol. The van der Waals surface area contributed by atoms with Crippen LogP contribution in [0.15, 0.2) is 12.3 Å². The predicted octanol–water partition coefficient (Wildman–Crippen LogP) is 2.37. The van der Waals surface area contributed by atoms with E-state index in [-0.39, 0.29) is 18.6 Å². The number of rotatable bonds is 2.